The van der Waals surface area contributed by atoms with Crippen LogP contribution in [-0.2, 0) is 14.3 Å². The van der Waals surface area contributed by atoms with Gasteiger partial charge in [-0.15, -0.1) is 0 Å². The Morgan fingerprint density at radius 1 is 1.50 bits per heavy atom. The number of ether oxygens (including phenoxy) is 2. The summed E-state index contributed by atoms with van der Waals surface area (Å²) in [5, 5.41) is 0. The molecule has 0 spiro atoms. The van der Waals surface area contributed by atoms with Gasteiger partial charge in [-0.2, -0.15) is 0 Å². The van der Waals surface area contributed by atoms with Crippen LogP contribution in [0.5, 0.6) is 0 Å². The van der Waals surface area contributed by atoms with Crippen LogP contribution in [0.1, 0.15) is 6.42 Å². The molecule has 0 saturated carbocycles. The first-order valence-corrected chi connectivity index (χ1v) is 5.99. The van der Waals surface area contributed by atoms with Crippen molar-refractivity contribution in [3.63, 3.8) is 0 Å². The van der Waals surface area contributed by atoms with Crippen molar-refractivity contribution >= 4 is 18.2 Å². The van der Waals surface area contributed by atoms with E-state index in [4.69, 9.17) is 9.47 Å². The molecule has 1 fully saturated rings. The first kappa shape index (κ1) is 11.5. The lowest BCUT2D eigenvalue weighted by molar-refractivity contribution is -0.167. The number of hydrogen-bond donors (Lipinski definition) is 0. The molecule has 0 amide bonds. The van der Waals surface area contributed by atoms with Crippen molar-refractivity contribution in [3.8, 4) is 0 Å². The van der Waals surface area contributed by atoms with Crippen molar-refractivity contribution in [2.45, 2.75) is 12.0 Å². The molecule has 3 aliphatic heterocycles. The summed E-state index contributed by atoms with van der Waals surface area (Å²) < 4.78 is 11.0. The van der Waals surface area contributed by atoms with Crippen molar-refractivity contribution in [2.75, 3.05) is 19.8 Å². The second-order valence-electron chi connectivity index (χ2n) is 4.61. The van der Waals surface area contributed by atoms with E-state index in [2.05, 4.69) is 9.98 Å². The standard InChI is InChI=1S/C13H14N2O3/c16-8-13(9-17-3-4-18-13)5-11-7-14-6-10-1-2-15-12(10)11/h1-2,6-8,11H,3-5,9H2. The molecular weight excluding hydrogens is 232 g/mol. The fourth-order valence-electron chi connectivity index (χ4n) is 2.42. The fraction of sp³-hybridized carbons (Fsp3) is 0.462. The number of hydrogen-bond acceptors (Lipinski definition) is 5. The van der Waals surface area contributed by atoms with Crippen LogP contribution in [0, 0.1) is 5.92 Å². The highest BCUT2D eigenvalue weighted by Crippen LogP contribution is 2.28. The third-order valence-corrected chi connectivity index (χ3v) is 3.34. The zero-order valence-corrected chi connectivity index (χ0v) is 9.91. The van der Waals surface area contributed by atoms with Gasteiger partial charge < -0.3 is 14.3 Å². The van der Waals surface area contributed by atoms with Crippen LogP contribution in [0.15, 0.2) is 34.0 Å². The summed E-state index contributed by atoms with van der Waals surface area (Å²) >= 11 is 0. The molecule has 0 N–H and O–H groups in total. The van der Waals surface area contributed by atoms with Crippen LogP contribution in [0.25, 0.3) is 0 Å². The van der Waals surface area contributed by atoms with Gasteiger partial charge in [0.05, 0.1) is 25.5 Å². The largest absolute Gasteiger partial charge is 0.376 e. The Bertz CT molecular complexity index is 471. The van der Waals surface area contributed by atoms with E-state index < -0.39 is 5.60 Å². The topological polar surface area (TPSA) is 60.2 Å². The number of fused-ring (bicyclic) bond motifs is 1. The zero-order valence-electron chi connectivity index (χ0n) is 9.91. The molecule has 2 atom stereocenters. The molecule has 3 rings (SSSR count). The number of nitrogens with zero attached hydrogens (tertiary/aromatic N) is 2. The van der Waals surface area contributed by atoms with Crippen molar-refractivity contribution in [1.29, 1.82) is 0 Å². The molecule has 3 heterocycles. The van der Waals surface area contributed by atoms with E-state index in [9.17, 15) is 4.79 Å². The van der Waals surface area contributed by atoms with E-state index >= 15 is 0 Å². The average molecular weight is 246 g/mol. The minimum atomic E-state index is -0.859. The molecule has 0 aromatic heterocycles. The van der Waals surface area contributed by atoms with Gasteiger partial charge in [0.2, 0.25) is 0 Å². The van der Waals surface area contributed by atoms with E-state index in [0.29, 0.717) is 26.2 Å². The van der Waals surface area contributed by atoms with Gasteiger partial charge in [-0.1, -0.05) is 0 Å². The lowest BCUT2D eigenvalue weighted by Gasteiger charge is -2.34. The molecule has 0 aliphatic carbocycles. The Labute approximate surface area is 105 Å². The number of carbonyl (C=O) groups is 1. The number of carbonyl (C=O) groups excluding carboxylic acids is 1. The smallest absolute Gasteiger partial charge is 0.154 e. The molecule has 0 aromatic rings. The van der Waals surface area contributed by atoms with Gasteiger partial charge in [-0.25, -0.2) is 0 Å². The summed E-state index contributed by atoms with van der Waals surface area (Å²) in [7, 11) is 0. The van der Waals surface area contributed by atoms with Gasteiger partial charge in [0.15, 0.2) is 6.29 Å². The number of aldehydes is 1. The summed E-state index contributed by atoms with van der Waals surface area (Å²) in [6, 6.07) is 0. The van der Waals surface area contributed by atoms with Crippen LogP contribution in [0.3, 0.4) is 0 Å². The average Bonchev–Trinajstić information content (AvgIpc) is 2.89. The van der Waals surface area contributed by atoms with Crippen molar-refractivity contribution in [3.05, 3.63) is 24.0 Å². The molecule has 18 heavy (non-hydrogen) atoms. The van der Waals surface area contributed by atoms with E-state index in [0.717, 1.165) is 17.6 Å². The molecule has 0 bridgehead atoms. The van der Waals surface area contributed by atoms with Crippen LogP contribution in [-0.4, -0.2) is 43.6 Å². The van der Waals surface area contributed by atoms with Gasteiger partial charge >= 0.3 is 0 Å². The van der Waals surface area contributed by atoms with Gasteiger partial charge in [0, 0.05) is 30.1 Å². The van der Waals surface area contributed by atoms with Crippen LogP contribution in [0.4, 0.5) is 0 Å². The third-order valence-electron chi connectivity index (χ3n) is 3.34. The lowest BCUT2D eigenvalue weighted by atomic mass is 9.86. The summed E-state index contributed by atoms with van der Waals surface area (Å²) in [4.78, 5) is 19.9. The highest BCUT2D eigenvalue weighted by atomic mass is 16.6. The molecule has 1 saturated heterocycles. The first-order valence-electron chi connectivity index (χ1n) is 5.99. The molecule has 5 heteroatoms. The number of rotatable bonds is 3. The second-order valence-corrected chi connectivity index (χ2v) is 4.61. The van der Waals surface area contributed by atoms with E-state index in [1.807, 2.05) is 12.3 Å². The highest BCUT2D eigenvalue weighted by Gasteiger charge is 2.38. The molecule has 5 nitrogen and oxygen atoms in total. The maximum atomic E-state index is 11.3. The second kappa shape index (κ2) is 4.59. The maximum Gasteiger partial charge on any atom is 0.154 e. The zero-order chi connectivity index (χ0) is 12.4. The van der Waals surface area contributed by atoms with Gasteiger partial charge in [-0.05, 0) is 12.5 Å². The first-order chi connectivity index (χ1) is 8.83. The van der Waals surface area contributed by atoms with Crippen LogP contribution < -0.4 is 0 Å². The molecule has 0 radical (unpaired) electrons. The predicted octanol–water partition coefficient (Wildman–Crippen LogP) is 0.914. The minimum Gasteiger partial charge on any atom is -0.376 e. The van der Waals surface area contributed by atoms with Gasteiger partial charge in [0.25, 0.3) is 0 Å². The van der Waals surface area contributed by atoms with Gasteiger partial charge in [-0.3, -0.25) is 9.98 Å². The summed E-state index contributed by atoms with van der Waals surface area (Å²) in [5.41, 5.74) is 1.11. The molecular formula is C13H14N2O3. The lowest BCUT2D eigenvalue weighted by Crippen LogP contribution is -2.47. The summed E-state index contributed by atoms with van der Waals surface area (Å²) in [5.74, 6) is 0.00639. The predicted molar refractivity (Wildman–Crippen MR) is 66.8 cm³/mol. The van der Waals surface area contributed by atoms with Crippen molar-refractivity contribution < 1.29 is 14.3 Å². The monoisotopic (exact) mass is 246 g/mol. The number of aliphatic imine (C=N–C) groups is 2. The fourth-order valence-corrected chi connectivity index (χ4v) is 2.42. The highest BCUT2D eigenvalue weighted by molar-refractivity contribution is 6.14. The Morgan fingerprint density at radius 3 is 3.22 bits per heavy atom. The third kappa shape index (κ3) is 1.95. The van der Waals surface area contributed by atoms with E-state index in [1.54, 1.807) is 12.4 Å². The van der Waals surface area contributed by atoms with E-state index in [1.165, 1.54) is 0 Å². The molecule has 2 unspecified atom stereocenters. The summed E-state index contributed by atoms with van der Waals surface area (Å²) in [6.07, 6.45) is 8.65. The SMILES string of the molecule is O=CC1(CC2C=NC=C3C=CN=C32)COCCO1. The summed E-state index contributed by atoms with van der Waals surface area (Å²) in [6.45, 7) is 1.30. The Morgan fingerprint density at radius 2 is 2.44 bits per heavy atom. The van der Waals surface area contributed by atoms with Crippen molar-refractivity contribution in [2.24, 2.45) is 15.9 Å². The van der Waals surface area contributed by atoms with Crippen LogP contribution in [0.2, 0.25) is 0 Å². The Hall–Kier alpha value is -1.59. The molecule has 3 aliphatic rings. The van der Waals surface area contributed by atoms with Gasteiger partial charge in [0.1, 0.15) is 5.60 Å². The Kier molecular flexibility index (Phi) is 2.93. The number of allylic oxidation sites excluding steroid dienone is 2. The molecule has 94 valence electrons. The van der Waals surface area contributed by atoms with E-state index in [-0.39, 0.29) is 5.92 Å². The minimum absolute atomic E-state index is 0.00639. The van der Waals surface area contributed by atoms with Crippen LogP contribution >= 0.6 is 0 Å². The maximum absolute atomic E-state index is 11.3. The van der Waals surface area contributed by atoms with Crippen molar-refractivity contribution in [1.82, 2.24) is 0 Å². The normalized spacial score (nSPS) is 33.9. The quantitative estimate of drug-likeness (QED) is 0.695. The Balaban J connectivity index is 1.78. The molecule has 0 aromatic carbocycles.